The highest BCUT2D eigenvalue weighted by atomic mass is 16.3. The largest absolute Gasteiger partial charge is 0.331 e. The highest BCUT2D eigenvalue weighted by Crippen LogP contribution is 2.13. The molecule has 0 saturated heterocycles. The van der Waals surface area contributed by atoms with Gasteiger partial charge in [-0.2, -0.15) is 0 Å². The molecular weight excluding hydrogens is 164 g/mol. The van der Waals surface area contributed by atoms with Crippen molar-refractivity contribution >= 4 is 11.0 Å². The normalized spacial score (nSPS) is 10.9. The van der Waals surface area contributed by atoms with Crippen LogP contribution >= 0.6 is 0 Å². The molecule has 0 aliphatic carbocycles. The first-order valence-electron chi connectivity index (χ1n) is 4.31. The van der Waals surface area contributed by atoms with Gasteiger partial charge in [-0.25, -0.2) is 10.1 Å². The van der Waals surface area contributed by atoms with Gasteiger partial charge in [-0.05, 0) is 12.1 Å². The van der Waals surface area contributed by atoms with Gasteiger partial charge in [0.2, 0.25) is 0 Å². The standard InChI is InChI=1S/C10H11N2O/c1-12-9-5-3-2-4-8(9)11-10(12)6-7-13/h2-5H,6-7H2,1H3. The van der Waals surface area contributed by atoms with Crippen molar-refractivity contribution in [2.24, 2.45) is 7.05 Å². The molecule has 0 saturated carbocycles. The fraction of sp³-hybridized carbons (Fsp3) is 0.300. The first-order chi connectivity index (χ1) is 6.33. The fourth-order valence-corrected chi connectivity index (χ4v) is 1.51. The lowest BCUT2D eigenvalue weighted by Crippen LogP contribution is -1.99. The average molecular weight is 175 g/mol. The molecule has 0 N–H and O–H groups in total. The van der Waals surface area contributed by atoms with E-state index in [2.05, 4.69) is 4.98 Å². The van der Waals surface area contributed by atoms with Gasteiger partial charge in [-0.1, -0.05) is 12.1 Å². The fourth-order valence-electron chi connectivity index (χ4n) is 1.51. The van der Waals surface area contributed by atoms with Gasteiger partial charge in [-0.15, -0.1) is 0 Å². The summed E-state index contributed by atoms with van der Waals surface area (Å²) >= 11 is 0. The molecule has 0 unspecified atom stereocenters. The van der Waals surface area contributed by atoms with Crippen LogP contribution in [0.1, 0.15) is 5.82 Å². The monoisotopic (exact) mass is 175 g/mol. The molecule has 0 amide bonds. The van der Waals surface area contributed by atoms with E-state index in [4.69, 9.17) is 0 Å². The van der Waals surface area contributed by atoms with Crippen molar-refractivity contribution in [1.29, 1.82) is 0 Å². The zero-order valence-corrected chi connectivity index (χ0v) is 7.53. The zero-order chi connectivity index (χ0) is 9.26. The van der Waals surface area contributed by atoms with Crippen LogP contribution in [0, 0.1) is 0 Å². The number of para-hydroxylation sites is 2. The van der Waals surface area contributed by atoms with Crippen LogP contribution in [0.5, 0.6) is 0 Å². The van der Waals surface area contributed by atoms with Crippen molar-refractivity contribution < 1.29 is 5.11 Å². The Labute approximate surface area is 76.6 Å². The number of nitrogens with zero attached hydrogens (tertiary/aromatic N) is 2. The van der Waals surface area contributed by atoms with E-state index in [0.717, 1.165) is 16.9 Å². The van der Waals surface area contributed by atoms with Gasteiger partial charge in [0.05, 0.1) is 17.6 Å². The average Bonchev–Trinajstić information content (AvgIpc) is 2.46. The Hall–Kier alpha value is -1.35. The SMILES string of the molecule is Cn1c(CC[O])nc2ccccc21. The first-order valence-corrected chi connectivity index (χ1v) is 4.31. The van der Waals surface area contributed by atoms with Crippen LogP contribution in [0.4, 0.5) is 0 Å². The molecule has 1 radical (unpaired) electrons. The Morgan fingerprint density at radius 3 is 2.85 bits per heavy atom. The minimum atomic E-state index is -0.100. The Balaban J connectivity index is 2.60. The van der Waals surface area contributed by atoms with Crippen LogP contribution in [0.2, 0.25) is 0 Å². The van der Waals surface area contributed by atoms with Crippen molar-refractivity contribution in [2.75, 3.05) is 6.61 Å². The second-order valence-electron chi connectivity index (χ2n) is 3.03. The summed E-state index contributed by atoms with van der Waals surface area (Å²) in [6.45, 7) is -0.100. The number of hydrogen-bond donors (Lipinski definition) is 0. The van der Waals surface area contributed by atoms with Crippen molar-refractivity contribution in [3.05, 3.63) is 30.1 Å². The van der Waals surface area contributed by atoms with Gasteiger partial charge < -0.3 is 4.57 Å². The molecule has 1 aromatic carbocycles. The van der Waals surface area contributed by atoms with E-state index >= 15 is 0 Å². The maximum absolute atomic E-state index is 10.5. The lowest BCUT2D eigenvalue weighted by atomic mass is 10.3. The van der Waals surface area contributed by atoms with Gasteiger partial charge in [0.15, 0.2) is 0 Å². The number of aryl methyl sites for hydroxylation is 1. The molecule has 0 aliphatic rings. The first kappa shape index (κ1) is 8.26. The highest BCUT2D eigenvalue weighted by molar-refractivity contribution is 5.75. The van der Waals surface area contributed by atoms with Crippen LogP contribution in [0.3, 0.4) is 0 Å². The number of hydrogen-bond acceptors (Lipinski definition) is 1. The van der Waals surface area contributed by atoms with Crippen LogP contribution < -0.4 is 0 Å². The van der Waals surface area contributed by atoms with E-state index in [1.165, 1.54) is 0 Å². The quantitative estimate of drug-likeness (QED) is 0.682. The van der Waals surface area contributed by atoms with Gasteiger partial charge in [0, 0.05) is 13.5 Å². The Kier molecular flexibility index (Phi) is 2.02. The van der Waals surface area contributed by atoms with Crippen molar-refractivity contribution in [2.45, 2.75) is 6.42 Å². The molecule has 1 aromatic heterocycles. The summed E-state index contributed by atoms with van der Waals surface area (Å²) in [7, 11) is 1.94. The summed E-state index contributed by atoms with van der Waals surface area (Å²) in [5.41, 5.74) is 2.06. The molecule has 67 valence electrons. The second-order valence-corrected chi connectivity index (χ2v) is 3.03. The highest BCUT2D eigenvalue weighted by Gasteiger charge is 2.05. The molecule has 0 aliphatic heterocycles. The lowest BCUT2D eigenvalue weighted by Gasteiger charge is -1.97. The molecular formula is C10H11N2O. The van der Waals surface area contributed by atoms with Crippen LogP contribution in [-0.2, 0) is 18.6 Å². The third kappa shape index (κ3) is 1.31. The Bertz CT molecular complexity index is 420. The molecule has 13 heavy (non-hydrogen) atoms. The topological polar surface area (TPSA) is 37.7 Å². The molecule has 2 aromatic rings. The summed E-state index contributed by atoms with van der Waals surface area (Å²) < 4.78 is 1.98. The third-order valence-corrected chi connectivity index (χ3v) is 2.21. The summed E-state index contributed by atoms with van der Waals surface area (Å²) in [6.07, 6.45) is 0.505. The number of aromatic nitrogens is 2. The maximum Gasteiger partial charge on any atom is 0.112 e. The summed E-state index contributed by atoms with van der Waals surface area (Å²) in [6, 6.07) is 7.90. The molecule has 0 fully saturated rings. The predicted octanol–water partition coefficient (Wildman–Crippen LogP) is 1.55. The Morgan fingerprint density at radius 2 is 2.15 bits per heavy atom. The predicted molar refractivity (Wildman–Crippen MR) is 50.0 cm³/mol. The summed E-state index contributed by atoms with van der Waals surface area (Å²) in [5, 5.41) is 10.5. The number of imidazole rings is 1. The minimum Gasteiger partial charge on any atom is -0.331 e. The van der Waals surface area contributed by atoms with E-state index in [1.807, 2.05) is 35.9 Å². The second kappa shape index (κ2) is 3.18. The van der Waals surface area contributed by atoms with E-state index in [9.17, 15) is 5.11 Å². The molecule has 1 heterocycles. The third-order valence-electron chi connectivity index (χ3n) is 2.21. The molecule has 0 atom stereocenters. The summed E-state index contributed by atoms with van der Waals surface area (Å²) in [5.74, 6) is 0.871. The van der Waals surface area contributed by atoms with Gasteiger partial charge >= 0.3 is 0 Å². The van der Waals surface area contributed by atoms with Gasteiger partial charge in [-0.3, -0.25) is 0 Å². The summed E-state index contributed by atoms with van der Waals surface area (Å²) in [4.78, 5) is 4.36. The van der Waals surface area contributed by atoms with Gasteiger partial charge in [0.1, 0.15) is 5.82 Å². The minimum absolute atomic E-state index is 0.100. The zero-order valence-electron chi connectivity index (χ0n) is 7.53. The number of rotatable bonds is 2. The lowest BCUT2D eigenvalue weighted by molar-refractivity contribution is 0.194. The van der Waals surface area contributed by atoms with E-state index in [-0.39, 0.29) is 6.61 Å². The van der Waals surface area contributed by atoms with Crippen molar-refractivity contribution in [3.8, 4) is 0 Å². The van der Waals surface area contributed by atoms with E-state index < -0.39 is 0 Å². The molecule has 0 bridgehead atoms. The van der Waals surface area contributed by atoms with Crippen LogP contribution in [0.25, 0.3) is 11.0 Å². The van der Waals surface area contributed by atoms with Crippen molar-refractivity contribution in [3.63, 3.8) is 0 Å². The molecule has 0 spiro atoms. The van der Waals surface area contributed by atoms with Crippen LogP contribution in [-0.4, -0.2) is 16.2 Å². The molecule has 3 nitrogen and oxygen atoms in total. The van der Waals surface area contributed by atoms with E-state index in [0.29, 0.717) is 6.42 Å². The Morgan fingerprint density at radius 1 is 1.38 bits per heavy atom. The van der Waals surface area contributed by atoms with Crippen molar-refractivity contribution in [1.82, 2.24) is 9.55 Å². The molecule has 3 heteroatoms. The van der Waals surface area contributed by atoms with E-state index in [1.54, 1.807) is 0 Å². The molecule has 2 rings (SSSR count). The van der Waals surface area contributed by atoms with Crippen LogP contribution in [0.15, 0.2) is 24.3 Å². The van der Waals surface area contributed by atoms with Gasteiger partial charge in [0.25, 0.3) is 0 Å². The maximum atomic E-state index is 10.5. The smallest absolute Gasteiger partial charge is 0.112 e. The number of fused-ring (bicyclic) bond motifs is 1. The number of benzene rings is 1.